The standard InChI is InChI=1S/C12H14N4O.ClH/c1-8-5-9(7-14-6-8)10-15-11(16-17-10)12(13)3-2-4-12;/h5-7H,2-4,13H2,1H3;1H. The summed E-state index contributed by atoms with van der Waals surface area (Å²) in [4.78, 5) is 8.48. The second kappa shape index (κ2) is 4.66. The lowest BCUT2D eigenvalue weighted by Gasteiger charge is -2.34. The summed E-state index contributed by atoms with van der Waals surface area (Å²) in [6.45, 7) is 1.98. The largest absolute Gasteiger partial charge is 0.334 e. The van der Waals surface area contributed by atoms with Crippen molar-refractivity contribution in [1.29, 1.82) is 0 Å². The van der Waals surface area contributed by atoms with Gasteiger partial charge in [0.2, 0.25) is 0 Å². The van der Waals surface area contributed by atoms with Gasteiger partial charge in [-0.1, -0.05) is 5.16 Å². The van der Waals surface area contributed by atoms with Gasteiger partial charge in [0.05, 0.1) is 11.1 Å². The highest BCUT2D eigenvalue weighted by atomic mass is 35.5. The predicted octanol–water partition coefficient (Wildman–Crippen LogP) is 2.20. The lowest BCUT2D eigenvalue weighted by atomic mass is 9.77. The average molecular weight is 267 g/mol. The Morgan fingerprint density at radius 3 is 2.72 bits per heavy atom. The summed E-state index contributed by atoms with van der Waals surface area (Å²) in [5, 5.41) is 3.98. The molecule has 5 nitrogen and oxygen atoms in total. The summed E-state index contributed by atoms with van der Waals surface area (Å²) in [7, 11) is 0. The van der Waals surface area contributed by atoms with Crippen molar-refractivity contribution in [2.75, 3.05) is 0 Å². The van der Waals surface area contributed by atoms with Crippen molar-refractivity contribution < 1.29 is 4.52 Å². The van der Waals surface area contributed by atoms with Crippen LogP contribution in [0.3, 0.4) is 0 Å². The van der Waals surface area contributed by atoms with Crippen LogP contribution in [0.15, 0.2) is 23.0 Å². The number of aryl methyl sites for hydroxylation is 1. The molecule has 0 atom stereocenters. The topological polar surface area (TPSA) is 77.8 Å². The Balaban J connectivity index is 0.00000120. The van der Waals surface area contributed by atoms with E-state index in [1.54, 1.807) is 12.4 Å². The van der Waals surface area contributed by atoms with Crippen LogP contribution in [0.5, 0.6) is 0 Å². The van der Waals surface area contributed by atoms with Gasteiger partial charge in [-0.2, -0.15) is 4.98 Å². The number of rotatable bonds is 2. The number of nitrogens with zero attached hydrogens (tertiary/aromatic N) is 3. The van der Waals surface area contributed by atoms with Crippen LogP contribution in [0.1, 0.15) is 30.7 Å². The van der Waals surface area contributed by atoms with Crippen molar-refractivity contribution in [2.24, 2.45) is 5.73 Å². The summed E-state index contributed by atoms with van der Waals surface area (Å²) in [5.41, 5.74) is 7.67. The Labute approximate surface area is 111 Å². The van der Waals surface area contributed by atoms with Crippen LogP contribution >= 0.6 is 12.4 Å². The van der Waals surface area contributed by atoms with Gasteiger partial charge in [0.15, 0.2) is 5.82 Å². The molecule has 2 aromatic rings. The maximum Gasteiger partial charge on any atom is 0.259 e. The van der Waals surface area contributed by atoms with Gasteiger partial charge in [-0.3, -0.25) is 4.98 Å². The molecule has 0 radical (unpaired) electrons. The van der Waals surface area contributed by atoms with E-state index in [1.165, 1.54) is 0 Å². The van der Waals surface area contributed by atoms with E-state index in [2.05, 4.69) is 15.1 Å². The molecule has 2 N–H and O–H groups in total. The molecule has 0 saturated heterocycles. The normalized spacial score (nSPS) is 16.8. The highest BCUT2D eigenvalue weighted by Crippen LogP contribution is 2.37. The van der Waals surface area contributed by atoms with Gasteiger partial charge in [0.1, 0.15) is 0 Å². The molecule has 2 aromatic heterocycles. The molecule has 1 aliphatic rings. The molecule has 6 heteroatoms. The molecule has 1 fully saturated rings. The number of aromatic nitrogens is 3. The Morgan fingerprint density at radius 2 is 2.11 bits per heavy atom. The van der Waals surface area contributed by atoms with Crippen LogP contribution in [-0.4, -0.2) is 15.1 Å². The number of hydrogen-bond acceptors (Lipinski definition) is 5. The lowest BCUT2D eigenvalue weighted by Crippen LogP contribution is -2.44. The average Bonchev–Trinajstić information content (AvgIpc) is 2.75. The first-order chi connectivity index (χ1) is 8.17. The lowest BCUT2D eigenvalue weighted by molar-refractivity contribution is 0.229. The van der Waals surface area contributed by atoms with Gasteiger partial charge < -0.3 is 10.3 Å². The van der Waals surface area contributed by atoms with Crippen LogP contribution in [0.2, 0.25) is 0 Å². The first-order valence-electron chi connectivity index (χ1n) is 5.72. The third-order valence-corrected chi connectivity index (χ3v) is 3.24. The maximum atomic E-state index is 6.14. The van der Waals surface area contributed by atoms with Crippen molar-refractivity contribution in [3.63, 3.8) is 0 Å². The number of pyridine rings is 1. The Hall–Kier alpha value is -1.46. The monoisotopic (exact) mass is 266 g/mol. The second-order valence-corrected chi connectivity index (χ2v) is 4.68. The van der Waals surface area contributed by atoms with Crippen LogP contribution < -0.4 is 5.73 Å². The third kappa shape index (κ3) is 2.11. The molecule has 0 aliphatic heterocycles. The van der Waals surface area contributed by atoms with Crippen LogP contribution in [0.25, 0.3) is 11.5 Å². The van der Waals surface area contributed by atoms with E-state index >= 15 is 0 Å². The van der Waals surface area contributed by atoms with Gasteiger partial charge in [0, 0.05) is 12.4 Å². The SMILES string of the molecule is Cc1cncc(-c2nc(C3(N)CCC3)no2)c1.Cl. The fraction of sp³-hybridized carbons (Fsp3) is 0.417. The van der Waals surface area contributed by atoms with Crippen molar-refractivity contribution in [3.05, 3.63) is 29.8 Å². The predicted molar refractivity (Wildman–Crippen MR) is 69.2 cm³/mol. The summed E-state index contributed by atoms with van der Waals surface area (Å²) < 4.78 is 5.25. The van der Waals surface area contributed by atoms with E-state index in [0.29, 0.717) is 11.7 Å². The molecule has 1 saturated carbocycles. The fourth-order valence-electron chi connectivity index (χ4n) is 2.00. The van der Waals surface area contributed by atoms with E-state index in [9.17, 15) is 0 Å². The van der Waals surface area contributed by atoms with Crippen molar-refractivity contribution >= 4 is 12.4 Å². The zero-order chi connectivity index (χ0) is 11.9. The summed E-state index contributed by atoms with van der Waals surface area (Å²) in [6, 6.07) is 1.97. The molecule has 0 amide bonds. The van der Waals surface area contributed by atoms with Crippen molar-refractivity contribution in [3.8, 4) is 11.5 Å². The minimum atomic E-state index is -0.376. The number of hydrogen-bond donors (Lipinski definition) is 1. The van der Waals surface area contributed by atoms with E-state index in [0.717, 1.165) is 30.4 Å². The van der Waals surface area contributed by atoms with E-state index in [1.807, 2.05) is 13.0 Å². The smallest absolute Gasteiger partial charge is 0.259 e. The molecule has 96 valence electrons. The minimum Gasteiger partial charge on any atom is -0.334 e. The fourth-order valence-corrected chi connectivity index (χ4v) is 2.00. The number of halogens is 1. The Bertz CT molecular complexity index is 551. The summed E-state index contributed by atoms with van der Waals surface area (Å²) in [5.74, 6) is 1.10. The van der Waals surface area contributed by atoms with Gasteiger partial charge in [-0.05, 0) is 37.8 Å². The zero-order valence-corrected chi connectivity index (χ0v) is 10.9. The first-order valence-corrected chi connectivity index (χ1v) is 5.72. The molecular formula is C12H15ClN4O. The molecule has 3 rings (SSSR count). The van der Waals surface area contributed by atoms with Crippen LogP contribution in [0.4, 0.5) is 0 Å². The van der Waals surface area contributed by atoms with E-state index < -0.39 is 0 Å². The molecule has 2 heterocycles. The van der Waals surface area contributed by atoms with Gasteiger partial charge in [-0.15, -0.1) is 12.4 Å². The van der Waals surface area contributed by atoms with Crippen molar-refractivity contribution in [1.82, 2.24) is 15.1 Å². The summed E-state index contributed by atoms with van der Waals surface area (Å²) in [6.07, 6.45) is 6.49. The molecule has 0 aromatic carbocycles. The Morgan fingerprint density at radius 1 is 1.33 bits per heavy atom. The van der Waals surface area contributed by atoms with Crippen LogP contribution in [0, 0.1) is 6.92 Å². The highest BCUT2D eigenvalue weighted by molar-refractivity contribution is 5.85. The first kappa shape index (κ1) is 13.0. The highest BCUT2D eigenvalue weighted by Gasteiger charge is 2.39. The van der Waals surface area contributed by atoms with Crippen LogP contribution in [-0.2, 0) is 5.54 Å². The molecule has 1 aliphatic carbocycles. The molecule has 0 unspecified atom stereocenters. The molecule has 0 bridgehead atoms. The molecular weight excluding hydrogens is 252 g/mol. The molecule has 0 spiro atoms. The Kier molecular flexibility index (Phi) is 3.36. The number of nitrogens with two attached hydrogens (primary N) is 1. The van der Waals surface area contributed by atoms with Gasteiger partial charge in [-0.25, -0.2) is 0 Å². The quantitative estimate of drug-likeness (QED) is 0.902. The van der Waals surface area contributed by atoms with E-state index in [4.69, 9.17) is 10.3 Å². The second-order valence-electron chi connectivity index (χ2n) is 4.68. The van der Waals surface area contributed by atoms with Gasteiger partial charge in [0.25, 0.3) is 5.89 Å². The van der Waals surface area contributed by atoms with E-state index in [-0.39, 0.29) is 17.9 Å². The van der Waals surface area contributed by atoms with Crippen molar-refractivity contribution in [2.45, 2.75) is 31.7 Å². The summed E-state index contributed by atoms with van der Waals surface area (Å²) >= 11 is 0. The zero-order valence-electron chi connectivity index (χ0n) is 10.1. The minimum absolute atomic E-state index is 0. The third-order valence-electron chi connectivity index (χ3n) is 3.24. The van der Waals surface area contributed by atoms with Gasteiger partial charge >= 0.3 is 0 Å². The molecule has 18 heavy (non-hydrogen) atoms. The maximum absolute atomic E-state index is 6.14.